The molecule has 4 aliphatic heterocycles. The van der Waals surface area contributed by atoms with Crippen LogP contribution in [0.15, 0.2) is 12.1 Å². The highest BCUT2D eigenvalue weighted by atomic mass is 16.7. The molecule has 4 heterocycles. The van der Waals surface area contributed by atoms with E-state index in [1.807, 2.05) is 13.8 Å². The van der Waals surface area contributed by atoms with E-state index in [1.54, 1.807) is 0 Å². The second-order valence-corrected chi connectivity index (χ2v) is 16.7. The Bertz CT molecular complexity index is 761. The Morgan fingerprint density at radius 1 is 0.380 bits per heavy atom. The van der Waals surface area contributed by atoms with Crippen LogP contribution in [0.4, 0.5) is 0 Å². The Morgan fingerprint density at radius 3 is 0.900 bits per heavy atom. The SMILES string of the molecule is CC1CCC(C)CC1.CC1CCC(C)OC1.CC1CCC(C)OC1.CC1COC(C)OC1.CC1COC(C)OC1.Cc1cc(C)c(C)c(C)c1.[HH]. The molecule has 4 atom stereocenters. The predicted molar refractivity (Wildman–Crippen MR) is 213 cm³/mol. The van der Waals surface area contributed by atoms with E-state index in [2.05, 4.69) is 95.2 Å². The molecule has 0 radical (unpaired) electrons. The number of hydrogen-bond acceptors (Lipinski definition) is 6. The molecule has 0 bridgehead atoms. The van der Waals surface area contributed by atoms with Crippen molar-refractivity contribution in [2.75, 3.05) is 39.6 Å². The summed E-state index contributed by atoms with van der Waals surface area (Å²) in [5.74, 6) is 4.78. The maximum atomic E-state index is 5.39. The van der Waals surface area contributed by atoms with Crippen LogP contribution >= 0.6 is 0 Å². The first-order valence-electron chi connectivity index (χ1n) is 20.3. The summed E-state index contributed by atoms with van der Waals surface area (Å²) in [6, 6.07) is 4.45. The lowest BCUT2D eigenvalue weighted by atomic mass is 9.84. The van der Waals surface area contributed by atoms with E-state index in [9.17, 15) is 0 Å². The van der Waals surface area contributed by atoms with Gasteiger partial charge in [0.25, 0.3) is 0 Å². The average molecular weight is 709 g/mol. The lowest BCUT2D eigenvalue weighted by Crippen LogP contribution is -2.27. The molecule has 0 amide bonds. The van der Waals surface area contributed by atoms with Gasteiger partial charge in [0.1, 0.15) is 0 Å². The molecule has 0 N–H and O–H groups in total. The Balaban J connectivity index is 0.000000587. The van der Waals surface area contributed by atoms with E-state index in [0.717, 1.165) is 63.3 Å². The number of aryl methyl sites for hydroxylation is 3. The van der Waals surface area contributed by atoms with E-state index >= 15 is 0 Å². The molecule has 4 unspecified atom stereocenters. The first kappa shape index (κ1) is 47.0. The van der Waals surface area contributed by atoms with Crippen molar-refractivity contribution in [2.24, 2.45) is 35.5 Å². The molecule has 1 aliphatic carbocycles. The van der Waals surface area contributed by atoms with Gasteiger partial charge in [0.2, 0.25) is 0 Å². The molecule has 4 saturated heterocycles. The molecule has 5 aliphatic rings. The van der Waals surface area contributed by atoms with Crippen LogP contribution in [0.3, 0.4) is 0 Å². The van der Waals surface area contributed by atoms with E-state index < -0.39 is 0 Å². The van der Waals surface area contributed by atoms with Crippen molar-refractivity contribution in [3.05, 3.63) is 34.4 Å². The second kappa shape index (κ2) is 26.7. The Hall–Kier alpha value is -1.02. The van der Waals surface area contributed by atoms with Crippen molar-refractivity contribution in [3.8, 4) is 0 Å². The van der Waals surface area contributed by atoms with Gasteiger partial charge in [-0.15, -0.1) is 0 Å². The fourth-order valence-corrected chi connectivity index (χ4v) is 6.10. The molecule has 296 valence electrons. The van der Waals surface area contributed by atoms with Gasteiger partial charge in [-0.1, -0.05) is 84.9 Å². The van der Waals surface area contributed by atoms with Gasteiger partial charge in [0.05, 0.1) is 38.6 Å². The summed E-state index contributed by atoms with van der Waals surface area (Å²) in [5.41, 5.74) is 5.58. The Morgan fingerprint density at radius 2 is 0.660 bits per heavy atom. The zero-order valence-corrected chi connectivity index (χ0v) is 35.3. The molecule has 0 spiro atoms. The third-order valence-corrected chi connectivity index (χ3v) is 10.3. The molecule has 5 fully saturated rings. The van der Waals surface area contributed by atoms with E-state index in [-0.39, 0.29) is 14.0 Å². The summed E-state index contributed by atoms with van der Waals surface area (Å²) in [5, 5.41) is 0. The zero-order chi connectivity index (χ0) is 37.6. The second-order valence-electron chi connectivity index (χ2n) is 16.7. The topological polar surface area (TPSA) is 55.4 Å². The summed E-state index contributed by atoms with van der Waals surface area (Å²) < 4.78 is 31.5. The molecule has 6 rings (SSSR count). The molecule has 6 heteroatoms. The standard InChI is InChI=1S/C10H14.C8H16.2C7H14O.2C6H12O2.H2/c1-7-5-8(2)10(4)9(3)6-7;1-7-3-5-8(2)6-4-7;2*1-6-3-4-7(2)8-5-6;2*1-5-3-7-6(2)8-4-5;/h5-6H,1-4H3;7-8H,3-6H2,1-2H3;2*6-7H,3-5H2,1-2H3;2*5-6H,3-4H2,1-2H3;1H. The molecular formula is C44H84O6. The van der Waals surface area contributed by atoms with Crippen molar-refractivity contribution in [1.82, 2.24) is 0 Å². The van der Waals surface area contributed by atoms with Crippen LogP contribution in [0.1, 0.15) is 144 Å². The monoisotopic (exact) mass is 709 g/mol. The van der Waals surface area contributed by atoms with Crippen LogP contribution in [0.5, 0.6) is 0 Å². The van der Waals surface area contributed by atoms with Gasteiger partial charge in [-0.2, -0.15) is 0 Å². The summed E-state index contributed by atoms with van der Waals surface area (Å²) in [6.45, 7) is 35.6. The van der Waals surface area contributed by atoms with Gasteiger partial charge in [-0.25, -0.2) is 0 Å². The smallest absolute Gasteiger partial charge is 0.154 e. The molecule has 6 nitrogen and oxygen atoms in total. The van der Waals surface area contributed by atoms with Gasteiger partial charge >= 0.3 is 0 Å². The van der Waals surface area contributed by atoms with Gasteiger partial charge in [0.15, 0.2) is 12.6 Å². The van der Waals surface area contributed by atoms with E-state index in [4.69, 9.17) is 28.4 Å². The fourth-order valence-electron chi connectivity index (χ4n) is 6.10. The normalized spacial score (nSPS) is 33.8. The molecule has 1 aromatic rings. The van der Waals surface area contributed by atoms with Crippen molar-refractivity contribution in [3.63, 3.8) is 0 Å². The molecule has 0 aromatic heterocycles. The number of benzene rings is 1. The van der Waals surface area contributed by atoms with Gasteiger partial charge < -0.3 is 28.4 Å². The lowest BCUT2D eigenvalue weighted by molar-refractivity contribution is -0.187. The summed E-state index contributed by atoms with van der Waals surface area (Å²) in [7, 11) is 0. The molecule has 1 saturated carbocycles. The van der Waals surface area contributed by atoms with Gasteiger partial charge in [-0.05, 0) is 121 Å². The maximum absolute atomic E-state index is 5.39. The maximum Gasteiger partial charge on any atom is 0.154 e. The first-order chi connectivity index (χ1) is 23.5. The van der Waals surface area contributed by atoms with Crippen LogP contribution in [0.2, 0.25) is 0 Å². The number of hydrogen-bond donors (Lipinski definition) is 0. The summed E-state index contributed by atoms with van der Waals surface area (Å²) in [6.07, 6.45) is 12.2. The van der Waals surface area contributed by atoms with Crippen LogP contribution in [0, 0.1) is 63.2 Å². The molecule has 1 aromatic carbocycles. The zero-order valence-electron chi connectivity index (χ0n) is 35.3. The van der Waals surface area contributed by atoms with Crippen LogP contribution in [-0.2, 0) is 28.4 Å². The fraction of sp³-hybridized carbons (Fsp3) is 0.864. The van der Waals surface area contributed by atoms with Crippen molar-refractivity contribution in [1.29, 1.82) is 0 Å². The average Bonchev–Trinajstić information content (AvgIpc) is 3.08. The number of rotatable bonds is 0. The minimum atomic E-state index is 0. The molecule has 50 heavy (non-hydrogen) atoms. The Labute approximate surface area is 311 Å². The van der Waals surface area contributed by atoms with E-state index in [0.29, 0.717) is 24.0 Å². The van der Waals surface area contributed by atoms with Crippen LogP contribution in [-0.4, -0.2) is 64.4 Å². The van der Waals surface area contributed by atoms with Crippen molar-refractivity contribution in [2.45, 2.75) is 173 Å². The third kappa shape index (κ3) is 23.5. The first-order valence-corrected chi connectivity index (χ1v) is 20.3. The quantitative estimate of drug-likeness (QED) is 0.267. The van der Waals surface area contributed by atoms with E-state index in [1.165, 1.54) is 73.6 Å². The Kier molecular flexibility index (Phi) is 25.1. The third-order valence-electron chi connectivity index (χ3n) is 10.3. The van der Waals surface area contributed by atoms with Gasteiger partial charge in [-0.3, -0.25) is 0 Å². The van der Waals surface area contributed by atoms with Crippen LogP contribution in [0.25, 0.3) is 0 Å². The lowest BCUT2D eigenvalue weighted by Gasteiger charge is -2.24. The predicted octanol–water partition coefficient (Wildman–Crippen LogP) is 11.7. The van der Waals surface area contributed by atoms with Crippen molar-refractivity contribution < 1.29 is 29.8 Å². The highest BCUT2D eigenvalue weighted by molar-refractivity contribution is 5.36. The molecular weight excluding hydrogens is 624 g/mol. The van der Waals surface area contributed by atoms with Crippen molar-refractivity contribution >= 4 is 0 Å². The van der Waals surface area contributed by atoms with Gasteiger partial charge in [0, 0.05) is 26.5 Å². The highest BCUT2D eigenvalue weighted by Gasteiger charge is 2.16. The minimum absolute atomic E-state index is 0. The summed E-state index contributed by atoms with van der Waals surface area (Å²) in [4.78, 5) is 0. The highest BCUT2D eigenvalue weighted by Crippen LogP contribution is 2.27. The number of ether oxygens (including phenoxy) is 6. The van der Waals surface area contributed by atoms with Crippen LogP contribution < -0.4 is 0 Å². The summed E-state index contributed by atoms with van der Waals surface area (Å²) >= 11 is 0. The minimum Gasteiger partial charge on any atom is -0.378 e. The largest absolute Gasteiger partial charge is 0.378 e.